The van der Waals surface area contributed by atoms with Crippen molar-refractivity contribution in [2.75, 3.05) is 20.1 Å². The van der Waals surface area contributed by atoms with Crippen molar-refractivity contribution >= 4 is 29.1 Å². The largest absolute Gasteiger partial charge is 0.419 e. The molecule has 10 heteroatoms. The van der Waals surface area contributed by atoms with Crippen molar-refractivity contribution in [2.24, 2.45) is 0 Å². The highest BCUT2D eigenvalue weighted by atomic mass is 35.5. The molecule has 0 radical (unpaired) electrons. The molecule has 1 saturated heterocycles. The topological polar surface area (TPSA) is 36.4 Å². The highest BCUT2D eigenvalue weighted by Crippen LogP contribution is 2.36. The molecule has 1 amide bonds. The van der Waals surface area contributed by atoms with E-state index in [4.69, 9.17) is 23.2 Å². The molecule has 1 aromatic heterocycles. The predicted molar refractivity (Wildman–Crippen MR) is 126 cm³/mol. The van der Waals surface area contributed by atoms with Crippen molar-refractivity contribution in [3.05, 3.63) is 99.0 Å². The maximum absolute atomic E-state index is 14.1. The molecule has 0 spiro atoms. The van der Waals surface area contributed by atoms with Crippen LogP contribution in [0.5, 0.6) is 0 Å². The van der Waals surface area contributed by atoms with Crippen LogP contribution in [0.2, 0.25) is 10.0 Å². The number of rotatable bonds is 5. The second kappa shape index (κ2) is 10.1. The van der Waals surface area contributed by atoms with Gasteiger partial charge < -0.3 is 4.90 Å². The predicted octanol–water partition coefficient (Wildman–Crippen LogP) is 6.29. The van der Waals surface area contributed by atoms with Crippen molar-refractivity contribution in [2.45, 2.75) is 24.7 Å². The van der Waals surface area contributed by atoms with Crippen LogP contribution in [0.4, 0.5) is 17.6 Å². The normalized spacial score (nSPS) is 18.3. The fourth-order valence-electron chi connectivity index (χ4n) is 4.43. The summed E-state index contributed by atoms with van der Waals surface area (Å²) in [4.78, 5) is 20.7. The first-order chi connectivity index (χ1) is 16.5. The van der Waals surface area contributed by atoms with Gasteiger partial charge in [-0.05, 0) is 54.6 Å². The number of benzene rings is 2. The summed E-state index contributed by atoms with van der Waals surface area (Å²) >= 11 is 12.3. The van der Waals surface area contributed by atoms with E-state index in [2.05, 4.69) is 4.98 Å². The summed E-state index contributed by atoms with van der Waals surface area (Å²) in [5, 5.41) is 0.786. The van der Waals surface area contributed by atoms with Crippen molar-refractivity contribution in [3.63, 3.8) is 0 Å². The molecular formula is C25H21Cl2F4N3O. The number of hydrogen-bond acceptors (Lipinski definition) is 3. The Labute approximate surface area is 210 Å². The van der Waals surface area contributed by atoms with E-state index in [1.807, 2.05) is 11.0 Å². The van der Waals surface area contributed by atoms with Crippen LogP contribution in [0.1, 0.15) is 33.0 Å². The van der Waals surface area contributed by atoms with Gasteiger partial charge in [-0.25, -0.2) is 4.39 Å². The Morgan fingerprint density at radius 2 is 1.89 bits per heavy atom. The summed E-state index contributed by atoms with van der Waals surface area (Å²) in [6.07, 6.45) is -1.68. The highest BCUT2D eigenvalue weighted by molar-refractivity contribution is 6.42. The molecule has 2 heterocycles. The quantitative estimate of drug-likeness (QED) is 0.367. The van der Waals surface area contributed by atoms with Crippen molar-refractivity contribution in [1.82, 2.24) is 14.8 Å². The molecule has 0 saturated carbocycles. The minimum absolute atomic E-state index is 0.158. The molecule has 4 nitrogen and oxygen atoms in total. The van der Waals surface area contributed by atoms with Gasteiger partial charge in [0.25, 0.3) is 5.91 Å². The van der Waals surface area contributed by atoms with Crippen molar-refractivity contribution < 1.29 is 22.4 Å². The Bertz CT molecular complexity index is 1220. The first-order valence-electron chi connectivity index (χ1n) is 10.7. The van der Waals surface area contributed by atoms with Crippen molar-refractivity contribution in [3.8, 4) is 0 Å². The maximum atomic E-state index is 14.1. The van der Waals surface area contributed by atoms with Gasteiger partial charge in [0, 0.05) is 44.0 Å². The molecule has 2 atom stereocenters. The summed E-state index contributed by atoms with van der Waals surface area (Å²) in [6, 6.07) is 11.4. The maximum Gasteiger partial charge on any atom is 0.419 e. The highest BCUT2D eigenvalue weighted by Gasteiger charge is 2.39. The second-order valence-electron chi connectivity index (χ2n) is 8.53. The Kier molecular flexibility index (Phi) is 7.35. The Balaban J connectivity index is 1.61. The molecule has 0 aliphatic carbocycles. The van der Waals surface area contributed by atoms with Crippen LogP contribution in [0.3, 0.4) is 0 Å². The van der Waals surface area contributed by atoms with Crippen LogP contribution < -0.4 is 0 Å². The fraction of sp³-hybridized carbons (Fsp3) is 0.280. The van der Waals surface area contributed by atoms with E-state index in [1.54, 1.807) is 42.4 Å². The van der Waals surface area contributed by atoms with E-state index in [1.165, 1.54) is 12.3 Å². The van der Waals surface area contributed by atoms with E-state index in [-0.39, 0.29) is 24.4 Å². The molecular weight excluding hydrogens is 505 g/mol. The number of amides is 1. The van der Waals surface area contributed by atoms with Gasteiger partial charge in [-0.1, -0.05) is 35.3 Å². The van der Waals surface area contributed by atoms with Gasteiger partial charge in [0.1, 0.15) is 5.82 Å². The zero-order valence-electron chi connectivity index (χ0n) is 18.6. The number of aromatic nitrogens is 1. The van der Waals surface area contributed by atoms with Gasteiger partial charge in [-0.15, -0.1) is 0 Å². The fourth-order valence-corrected chi connectivity index (χ4v) is 4.74. The van der Waals surface area contributed by atoms with E-state index in [0.717, 1.165) is 17.7 Å². The molecule has 4 rings (SSSR count). The van der Waals surface area contributed by atoms with Gasteiger partial charge in [-0.2, -0.15) is 13.2 Å². The molecule has 35 heavy (non-hydrogen) atoms. The van der Waals surface area contributed by atoms with E-state index < -0.39 is 17.6 Å². The Hall–Kier alpha value is -2.68. The SMILES string of the molecule is CN(Cc1ccc(C(F)(F)F)c(F)c1)[C@H]1CN(C(=O)c2cccnc2)C[C@@H]1c1ccc(Cl)c(Cl)c1. The zero-order valence-corrected chi connectivity index (χ0v) is 20.1. The molecule has 1 aliphatic heterocycles. The molecule has 0 N–H and O–H groups in total. The number of carbonyl (C=O) groups is 1. The lowest BCUT2D eigenvalue weighted by Gasteiger charge is -2.29. The van der Waals surface area contributed by atoms with Gasteiger partial charge in [-0.3, -0.25) is 14.7 Å². The van der Waals surface area contributed by atoms with Crippen LogP contribution in [0.25, 0.3) is 0 Å². The minimum atomic E-state index is -4.76. The van der Waals surface area contributed by atoms with Crippen molar-refractivity contribution in [1.29, 1.82) is 0 Å². The smallest absolute Gasteiger partial charge is 0.336 e. The van der Waals surface area contributed by atoms with Crippen LogP contribution in [-0.2, 0) is 12.7 Å². The number of hydrogen-bond donors (Lipinski definition) is 0. The molecule has 184 valence electrons. The number of likely N-dealkylation sites (N-methyl/N-ethyl adjacent to an activating group) is 1. The van der Waals surface area contributed by atoms with Crippen LogP contribution >= 0.6 is 23.2 Å². The third-order valence-corrected chi connectivity index (χ3v) is 6.93. The molecule has 2 aromatic carbocycles. The van der Waals surface area contributed by atoms with E-state index >= 15 is 0 Å². The lowest BCUT2D eigenvalue weighted by molar-refractivity contribution is -0.140. The molecule has 1 fully saturated rings. The summed E-state index contributed by atoms with van der Waals surface area (Å²) in [6.45, 7) is 0.937. The summed E-state index contributed by atoms with van der Waals surface area (Å²) in [7, 11) is 1.79. The number of nitrogens with zero attached hydrogens (tertiary/aromatic N) is 3. The van der Waals surface area contributed by atoms with E-state index in [9.17, 15) is 22.4 Å². The number of alkyl halides is 3. The van der Waals surface area contributed by atoms with Crippen LogP contribution in [-0.4, -0.2) is 46.9 Å². The summed E-state index contributed by atoms with van der Waals surface area (Å²) in [5.74, 6) is -1.65. The first-order valence-corrected chi connectivity index (χ1v) is 11.5. The van der Waals surface area contributed by atoms with Gasteiger partial charge in [0.2, 0.25) is 0 Å². The first kappa shape index (κ1) is 25.4. The van der Waals surface area contributed by atoms with Gasteiger partial charge in [0.05, 0.1) is 21.2 Å². The lowest BCUT2D eigenvalue weighted by atomic mass is 9.93. The molecule has 1 aliphatic rings. The summed E-state index contributed by atoms with van der Waals surface area (Å²) in [5.41, 5.74) is 0.416. The van der Waals surface area contributed by atoms with Gasteiger partial charge in [0.15, 0.2) is 0 Å². The Morgan fingerprint density at radius 3 is 2.51 bits per heavy atom. The molecule has 0 unspecified atom stereocenters. The van der Waals surface area contributed by atoms with Crippen LogP contribution in [0.15, 0.2) is 60.9 Å². The third kappa shape index (κ3) is 5.60. The zero-order chi connectivity index (χ0) is 25.3. The average Bonchev–Trinajstić information content (AvgIpc) is 3.26. The lowest BCUT2D eigenvalue weighted by Crippen LogP contribution is -2.38. The third-order valence-electron chi connectivity index (χ3n) is 6.19. The van der Waals surface area contributed by atoms with Gasteiger partial charge >= 0.3 is 6.18 Å². The average molecular weight is 526 g/mol. The van der Waals surface area contributed by atoms with Crippen LogP contribution in [0, 0.1) is 5.82 Å². The Morgan fingerprint density at radius 1 is 1.11 bits per heavy atom. The number of pyridine rings is 1. The molecule has 0 bridgehead atoms. The number of likely N-dealkylation sites (tertiary alicyclic amines) is 1. The van der Waals surface area contributed by atoms with E-state index in [0.29, 0.717) is 34.3 Å². The number of carbonyl (C=O) groups excluding carboxylic acids is 1. The summed E-state index contributed by atoms with van der Waals surface area (Å²) < 4.78 is 52.9. The second-order valence-corrected chi connectivity index (χ2v) is 9.34. The molecule has 3 aromatic rings. The minimum Gasteiger partial charge on any atom is -0.336 e. The standard InChI is InChI=1S/C25H21Cl2F4N3O/c1-33(12-15-4-6-19(22(28)9-15)25(29,30)31)23-14-34(24(35)17-3-2-8-32-11-17)13-18(23)16-5-7-20(26)21(27)10-16/h2-11,18,23H,12-14H2,1H3/t18-,23+/m1/s1. The monoisotopic (exact) mass is 525 g/mol. The number of halogens is 6.